The number of likely N-dealkylation sites (tertiary alicyclic amines) is 1. The molecule has 2 saturated heterocycles. The molecule has 7 rings (SSSR count). The molecule has 2 aliphatic heterocycles. The van der Waals surface area contributed by atoms with Crippen LogP contribution in [0, 0.1) is 23.6 Å². The summed E-state index contributed by atoms with van der Waals surface area (Å²) in [5.41, 5.74) is 1.08. The molecule has 6 atom stereocenters. The van der Waals surface area contributed by atoms with E-state index in [1.54, 1.807) is 6.07 Å². The Morgan fingerprint density at radius 1 is 1.02 bits per heavy atom. The fraction of sp³-hybridized carbons (Fsp3) is 0.312. The zero-order chi connectivity index (χ0) is 31.1. The number of hydrogen-bond donors (Lipinski definition) is 1. The van der Waals surface area contributed by atoms with Crippen molar-refractivity contribution in [2.24, 2.45) is 17.8 Å². The summed E-state index contributed by atoms with van der Waals surface area (Å²) >= 11 is 16.2. The third-order valence-corrected chi connectivity index (χ3v) is 11.7. The van der Waals surface area contributed by atoms with E-state index >= 15 is 0 Å². The highest BCUT2D eigenvalue weighted by atomic mass is 35.5. The molecule has 3 fully saturated rings. The molecule has 4 aliphatic rings. The van der Waals surface area contributed by atoms with Crippen LogP contribution < -0.4 is 9.64 Å². The van der Waals surface area contributed by atoms with E-state index in [-0.39, 0.29) is 48.4 Å². The van der Waals surface area contributed by atoms with Crippen molar-refractivity contribution in [2.45, 2.75) is 35.1 Å². The number of amides is 4. The minimum absolute atomic E-state index is 0.0938. The Hall–Kier alpha value is -3.73. The van der Waals surface area contributed by atoms with E-state index in [1.165, 1.54) is 47.6 Å². The number of imide groups is 2. The van der Waals surface area contributed by atoms with E-state index < -0.39 is 51.1 Å². The zero-order valence-electron chi connectivity index (χ0n) is 23.2. The van der Waals surface area contributed by atoms with Crippen molar-refractivity contribution < 1.29 is 33.4 Å². The van der Waals surface area contributed by atoms with Gasteiger partial charge in [-0.1, -0.05) is 23.8 Å². The lowest BCUT2D eigenvalue weighted by Crippen LogP contribution is -2.60. The van der Waals surface area contributed by atoms with Crippen LogP contribution in [0.15, 0.2) is 71.6 Å². The summed E-state index contributed by atoms with van der Waals surface area (Å²) in [7, 11) is 1.40. The standard InChI is InChI=1S/C32H25Cl2FN2O6S/c1-43-24-13-18(38)8-9-21(24)26-20-10-11-22-25(28(40)36(27(22)39)15-19-3-2-12-44-19)23(20)14-31(33)29(41)37(30(42)32(26,31)34)17-6-4-16(35)5-7-17/h2-10,12-13,22-23,25-26,38H,11,14-15H2,1H3. The Balaban J connectivity index is 1.40. The van der Waals surface area contributed by atoms with Crippen LogP contribution in [0.1, 0.15) is 29.2 Å². The highest BCUT2D eigenvalue weighted by Crippen LogP contribution is 2.66. The molecular weight excluding hydrogens is 630 g/mol. The lowest BCUT2D eigenvalue weighted by Gasteiger charge is -2.50. The molecule has 0 bridgehead atoms. The van der Waals surface area contributed by atoms with Crippen LogP contribution in [0.2, 0.25) is 0 Å². The summed E-state index contributed by atoms with van der Waals surface area (Å²) in [6.07, 6.45) is 1.88. The summed E-state index contributed by atoms with van der Waals surface area (Å²) in [6, 6.07) is 12.9. The second-order valence-electron chi connectivity index (χ2n) is 11.5. The number of allylic oxidation sites excluding steroid dienone is 2. The van der Waals surface area contributed by atoms with Crippen molar-refractivity contribution in [1.82, 2.24) is 4.90 Å². The van der Waals surface area contributed by atoms with Gasteiger partial charge in [0.05, 0.1) is 31.2 Å². The van der Waals surface area contributed by atoms with Crippen molar-refractivity contribution in [3.05, 3.63) is 87.9 Å². The number of alkyl halides is 2. The molecule has 226 valence electrons. The molecule has 3 aromatic rings. The molecule has 1 aromatic heterocycles. The molecule has 1 N–H and O–H groups in total. The minimum atomic E-state index is -2.10. The SMILES string of the molecule is COc1cc(O)ccc1C1C2=CCC3C(=O)N(Cc4cccs4)C(=O)C3C2CC2(Cl)C(=O)N(c3ccc(F)cc3)C(=O)C12Cl. The van der Waals surface area contributed by atoms with E-state index in [0.717, 1.165) is 21.9 Å². The summed E-state index contributed by atoms with van der Waals surface area (Å²) in [4.78, 5) is 55.2. The number of phenols is 1. The first kappa shape index (κ1) is 29.0. The van der Waals surface area contributed by atoms with Gasteiger partial charge in [-0.2, -0.15) is 0 Å². The lowest BCUT2D eigenvalue weighted by molar-refractivity contribution is -0.141. The number of ether oxygens (including phenoxy) is 1. The first-order valence-electron chi connectivity index (χ1n) is 14.0. The van der Waals surface area contributed by atoms with Crippen LogP contribution in [0.4, 0.5) is 10.1 Å². The highest BCUT2D eigenvalue weighted by Gasteiger charge is 2.76. The number of methoxy groups -OCH3 is 1. The number of rotatable bonds is 5. The minimum Gasteiger partial charge on any atom is -0.508 e. The summed E-state index contributed by atoms with van der Waals surface area (Å²) < 4.78 is 19.4. The number of thiophene rings is 1. The molecule has 1 saturated carbocycles. The number of carbonyl (C=O) groups is 4. The Kier molecular flexibility index (Phi) is 6.69. The smallest absolute Gasteiger partial charge is 0.258 e. The number of phenolic OH excluding ortho intramolecular Hbond substituents is 1. The maximum absolute atomic E-state index is 14.4. The Labute approximate surface area is 265 Å². The van der Waals surface area contributed by atoms with Gasteiger partial charge in [-0.15, -0.1) is 34.5 Å². The van der Waals surface area contributed by atoms with Crippen LogP contribution in [-0.4, -0.2) is 50.5 Å². The Morgan fingerprint density at radius 2 is 1.77 bits per heavy atom. The molecule has 3 heterocycles. The van der Waals surface area contributed by atoms with E-state index in [9.17, 15) is 28.7 Å². The Morgan fingerprint density at radius 3 is 2.45 bits per heavy atom. The normalized spacial score (nSPS) is 31.1. The van der Waals surface area contributed by atoms with Crippen LogP contribution in [0.3, 0.4) is 0 Å². The summed E-state index contributed by atoms with van der Waals surface area (Å²) in [5.74, 6) is -6.01. The van der Waals surface area contributed by atoms with Crippen LogP contribution in [-0.2, 0) is 25.7 Å². The third kappa shape index (κ3) is 3.87. The van der Waals surface area contributed by atoms with Gasteiger partial charge in [-0.3, -0.25) is 24.1 Å². The van der Waals surface area contributed by atoms with Crippen molar-refractivity contribution in [2.75, 3.05) is 12.0 Å². The number of halogens is 3. The quantitative estimate of drug-likeness (QED) is 0.226. The van der Waals surface area contributed by atoms with Gasteiger partial charge in [0.15, 0.2) is 9.75 Å². The number of carbonyl (C=O) groups excluding carboxylic acids is 4. The van der Waals surface area contributed by atoms with E-state index in [2.05, 4.69) is 0 Å². The van der Waals surface area contributed by atoms with E-state index in [4.69, 9.17) is 27.9 Å². The van der Waals surface area contributed by atoms with Gasteiger partial charge in [0.25, 0.3) is 11.8 Å². The van der Waals surface area contributed by atoms with E-state index in [0.29, 0.717) is 11.1 Å². The number of fused-ring (bicyclic) bond motifs is 4. The largest absolute Gasteiger partial charge is 0.508 e. The molecular formula is C32H25Cl2FN2O6S. The Bertz CT molecular complexity index is 1760. The molecule has 6 unspecified atom stereocenters. The van der Waals surface area contributed by atoms with Crippen LogP contribution >= 0.6 is 34.5 Å². The lowest BCUT2D eigenvalue weighted by atomic mass is 9.56. The van der Waals surface area contributed by atoms with Crippen molar-refractivity contribution in [3.8, 4) is 11.5 Å². The molecule has 12 heteroatoms. The third-order valence-electron chi connectivity index (χ3n) is 9.41. The van der Waals surface area contributed by atoms with Gasteiger partial charge >= 0.3 is 0 Å². The molecule has 2 aromatic carbocycles. The average Bonchev–Trinajstić information content (AvgIpc) is 3.65. The number of benzene rings is 2. The van der Waals surface area contributed by atoms with Gasteiger partial charge < -0.3 is 9.84 Å². The van der Waals surface area contributed by atoms with Gasteiger partial charge in [0.2, 0.25) is 11.8 Å². The van der Waals surface area contributed by atoms with Gasteiger partial charge in [0.1, 0.15) is 17.3 Å². The second kappa shape index (κ2) is 10.2. The highest BCUT2D eigenvalue weighted by molar-refractivity contribution is 7.09. The number of anilines is 1. The van der Waals surface area contributed by atoms with Gasteiger partial charge in [-0.25, -0.2) is 9.29 Å². The van der Waals surface area contributed by atoms with Gasteiger partial charge in [0, 0.05) is 22.4 Å². The maximum Gasteiger partial charge on any atom is 0.258 e. The molecule has 4 amide bonds. The number of aromatic hydroxyl groups is 1. The maximum atomic E-state index is 14.4. The zero-order valence-corrected chi connectivity index (χ0v) is 25.5. The van der Waals surface area contributed by atoms with Gasteiger partial charge in [-0.05, 0) is 60.5 Å². The summed E-state index contributed by atoms with van der Waals surface area (Å²) in [5, 5.41) is 12.1. The molecule has 44 heavy (non-hydrogen) atoms. The topological polar surface area (TPSA) is 104 Å². The predicted molar refractivity (Wildman–Crippen MR) is 161 cm³/mol. The van der Waals surface area contributed by atoms with E-state index in [1.807, 2.05) is 23.6 Å². The van der Waals surface area contributed by atoms with Crippen LogP contribution in [0.25, 0.3) is 0 Å². The molecule has 0 radical (unpaired) electrons. The molecule has 0 spiro atoms. The first-order valence-corrected chi connectivity index (χ1v) is 15.6. The second-order valence-corrected chi connectivity index (χ2v) is 13.8. The number of nitrogens with zero attached hydrogens (tertiary/aromatic N) is 2. The molecule has 2 aliphatic carbocycles. The number of hydrogen-bond acceptors (Lipinski definition) is 7. The van der Waals surface area contributed by atoms with Crippen molar-refractivity contribution >= 4 is 63.9 Å². The first-order chi connectivity index (χ1) is 21.0. The average molecular weight is 656 g/mol. The monoisotopic (exact) mass is 654 g/mol. The predicted octanol–water partition coefficient (Wildman–Crippen LogP) is 5.37. The van der Waals surface area contributed by atoms with Crippen molar-refractivity contribution in [1.29, 1.82) is 0 Å². The fourth-order valence-corrected chi connectivity index (χ4v) is 9.08. The van der Waals surface area contributed by atoms with Crippen LogP contribution in [0.5, 0.6) is 11.5 Å². The fourth-order valence-electron chi connectivity index (χ4n) is 7.46. The molecule has 8 nitrogen and oxygen atoms in total. The summed E-state index contributed by atoms with van der Waals surface area (Å²) in [6.45, 7) is 0.140. The van der Waals surface area contributed by atoms with Crippen molar-refractivity contribution in [3.63, 3.8) is 0 Å².